The predicted molar refractivity (Wildman–Crippen MR) is 130 cm³/mol. The van der Waals surface area contributed by atoms with Crippen LogP contribution in [0.25, 0.3) is 0 Å². The van der Waals surface area contributed by atoms with Gasteiger partial charge >= 0.3 is 0 Å². The number of hydrogen-bond donors (Lipinski definition) is 3. The van der Waals surface area contributed by atoms with Crippen LogP contribution in [-0.2, 0) is 26.0 Å². The summed E-state index contributed by atoms with van der Waals surface area (Å²) in [5.74, 6) is -0.840. The van der Waals surface area contributed by atoms with Gasteiger partial charge in [0.05, 0.1) is 17.1 Å². The molecule has 1 aromatic heterocycles. The van der Waals surface area contributed by atoms with Gasteiger partial charge in [0.15, 0.2) is 0 Å². The number of hydrogen-bond acceptors (Lipinski definition) is 7. The van der Waals surface area contributed by atoms with Crippen LogP contribution in [0.5, 0.6) is 0 Å². The molecule has 0 atom stereocenters. The molecule has 1 aromatic carbocycles. The maximum absolute atomic E-state index is 12.6. The highest BCUT2D eigenvalue weighted by Crippen LogP contribution is 2.12. The van der Waals surface area contributed by atoms with Crippen molar-refractivity contribution in [2.45, 2.75) is 38.0 Å². The minimum absolute atomic E-state index is 0.00476. The molecule has 0 unspecified atom stereocenters. The Bertz CT molecular complexity index is 1100. The van der Waals surface area contributed by atoms with Crippen LogP contribution in [0.15, 0.2) is 47.5 Å². The molecule has 3 N–H and O–H groups in total. The fourth-order valence-electron chi connectivity index (χ4n) is 2.95. The number of amides is 3. The van der Waals surface area contributed by atoms with Crippen LogP contribution < -0.4 is 15.4 Å². The van der Waals surface area contributed by atoms with Gasteiger partial charge in [0.2, 0.25) is 5.91 Å². The van der Waals surface area contributed by atoms with E-state index in [0.29, 0.717) is 38.5 Å². The third-order valence-corrected chi connectivity index (χ3v) is 6.34. The van der Waals surface area contributed by atoms with Crippen molar-refractivity contribution < 1.29 is 27.5 Å². The van der Waals surface area contributed by atoms with E-state index in [1.54, 1.807) is 12.1 Å². The average molecular weight is 505 g/mol. The second-order valence-corrected chi connectivity index (χ2v) is 9.97. The first-order valence-electron chi connectivity index (χ1n) is 11.3. The molecule has 35 heavy (non-hydrogen) atoms. The number of pyridine rings is 1. The molecule has 190 valence electrons. The van der Waals surface area contributed by atoms with Gasteiger partial charge in [-0.25, -0.2) is 13.1 Å². The highest BCUT2D eigenvalue weighted by Gasteiger charge is 2.19. The lowest BCUT2D eigenvalue weighted by molar-refractivity contribution is -0.121. The van der Waals surface area contributed by atoms with Gasteiger partial charge in [-0.15, -0.1) is 0 Å². The monoisotopic (exact) mass is 504 g/mol. The first-order chi connectivity index (χ1) is 16.6. The topological polar surface area (TPSA) is 144 Å². The van der Waals surface area contributed by atoms with Crippen molar-refractivity contribution in [3.8, 4) is 0 Å². The normalized spacial score (nSPS) is 11.2. The number of benzene rings is 1. The molecule has 0 aliphatic rings. The van der Waals surface area contributed by atoms with Crippen molar-refractivity contribution in [1.82, 2.24) is 20.3 Å². The van der Waals surface area contributed by atoms with E-state index in [9.17, 15) is 22.8 Å². The van der Waals surface area contributed by atoms with Crippen molar-refractivity contribution in [3.63, 3.8) is 0 Å². The number of sulfonamides is 1. The van der Waals surface area contributed by atoms with Gasteiger partial charge in [-0.05, 0) is 48.6 Å². The third-order valence-electron chi connectivity index (χ3n) is 5.00. The standard InChI is InChI=1S/C24H32N4O6S/c1-17(2)4-11-22(29)25-13-12-18-5-8-20(9-6-18)35(32,33)28-23(30)19-7-10-21(27-16-19)24(31)26-14-15-34-3/h5-10,16-17H,4,11-15H2,1-3H3,(H,25,29)(H,26,31)(H,28,30). The molecule has 1 heterocycles. The SMILES string of the molecule is COCCNC(=O)c1ccc(C(=O)NS(=O)(=O)c2ccc(CCNC(=O)CCC(C)C)cc2)cn1. The largest absolute Gasteiger partial charge is 0.383 e. The summed E-state index contributed by atoms with van der Waals surface area (Å²) in [6, 6.07) is 8.73. The zero-order chi connectivity index (χ0) is 25.8. The maximum Gasteiger partial charge on any atom is 0.269 e. The van der Waals surface area contributed by atoms with E-state index in [1.807, 2.05) is 4.72 Å². The second-order valence-electron chi connectivity index (χ2n) is 8.29. The van der Waals surface area contributed by atoms with Gasteiger partial charge < -0.3 is 15.4 Å². The van der Waals surface area contributed by atoms with Crippen LogP contribution in [0.4, 0.5) is 0 Å². The van der Waals surface area contributed by atoms with Gasteiger partial charge in [-0.3, -0.25) is 19.4 Å². The number of methoxy groups -OCH3 is 1. The van der Waals surface area contributed by atoms with E-state index in [1.165, 1.54) is 31.4 Å². The zero-order valence-electron chi connectivity index (χ0n) is 20.2. The van der Waals surface area contributed by atoms with Gasteiger partial charge in [-0.2, -0.15) is 0 Å². The minimum Gasteiger partial charge on any atom is -0.383 e. The molecular formula is C24H32N4O6S. The van der Waals surface area contributed by atoms with E-state index in [4.69, 9.17) is 4.74 Å². The number of carbonyl (C=O) groups is 3. The molecule has 3 amide bonds. The zero-order valence-corrected chi connectivity index (χ0v) is 21.0. The lowest BCUT2D eigenvalue weighted by atomic mass is 10.1. The Kier molecular flexibility index (Phi) is 10.8. The number of aromatic nitrogens is 1. The molecule has 0 radical (unpaired) electrons. The molecule has 10 nitrogen and oxygen atoms in total. The Morgan fingerprint density at radius 3 is 2.29 bits per heavy atom. The van der Waals surface area contributed by atoms with Gasteiger partial charge in [0, 0.05) is 32.8 Å². The Balaban J connectivity index is 1.90. The van der Waals surface area contributed by atoms with Crippen LogP contribution in [0.1, 0.15) is 53.1 Å². The first kappa shape index (κ1) is 27.9. The van der Waals surface area contributed by atoms with Crippen molar-refractivity contribution >= 4 is 27.7 Å². The van der Waals surface area contributed by atoms with E-state index in [2.05, 4.69) is 29.5 Å². The van der Waals surface area contributed by atoms with Crippen molar-refractivity contribution in [3.05, 3.63) is 59.4 Å². The minimum atomic E-state index is -4.11. The molecule has 0 spiro atoms. The van der Waals surface area contributed by atoms with E-state index in [-0.39, 0.29) is 22.1 Å². The number of nitrogens with one attached hydrogen (secondary N) is 3. The van der Waals surface area contributed by atoms with Gasteiger partial charge in [-0.1, -0.05) is 26.0 Å². The van der Waals surface area contributed by atoms with Gasteiger partial charge in [0.25, 0.3) is 21.8 Å². The molecule has 2 rings (SSSR count). The molecule has 0 fully saturated rings. The van der Waals surface area contributed by atoms with E-state index < -0.39 is 21.8 Å². The summed E-state index contributed by atoms with van der Waals surface area (Å²) in [5.41, 5.74) is 0.932. The maximum atomic E-state index is 12.6. The summed E-state index contributed by atoms with van der Waals surface area (Å²) in [6.07, 6.45) is 2.99. The lowest BCUT2D eigenvalue weighted by Gasteiger charge is -2.09. The van der Waals surface area contributed by atoms with Crippen LogP contribution in [0, 0.1) is 5.92 Å². The molecule has 11 heteroatoms. The van der Waals surface area contributed by atoms with E-state index >= 15 is 0 Å². The van der Waals surface area contributed by atoms with Crippen molar-refractivity contribution in [1.29, 1.82) is 0 Å². The molecule has 0 aliphatic heterocycles. The molecule has 2 aromatic rings. The predicted octanol–water partition coefficient (Wildman–Crippen LogP) is 1.67. The van der Waals surface area contributed by atoms with Crippen LogP contribution in [0.2, 0.25) is 0 Å². The summed E-state index contributed by atoms with van der Waals surface area (Å²) in [7, 11) is -2.59. The first-order valence-corrected chi connectivity index (χ1v) is 12.8. The third kappa shape index (κ3) is 9.45. The Morgan fingerprint density at radius 1 is 0.971 bits per heavy atom. The Hall–Kier alpha value is -3.31. The fourth-order valence-corrected chi connectivity index (χ4v) is 3.92. The smallest absolute Gasteiger partial charge is 0.269 e. The lowest BCUT2D eigenvalue weighted by Crippen LogP contribution is -2.31. The average Bonchev–Trinajstić information content (AvgIpc) is 2.83. The van der Waals surface area contributed by atoms with Crippen molar-refractivity contribution in [2.24, 2.45) is 5.92 Å². The summed E-state index contributed by atoms with van der Waals surface area (Å²) in [4.78, 5) is 40.0. The Labute approximate surface area is 205 Å². The number of rotatable bonds is 13. The van der Waals surface area contributed by atoms with Crippen LogP contribution in [-0.4, -0.2) is 57.9 Å². The molecule has 0 saturated carbocycles. The summed E-state index contributed by atoms with van der Waals surface area (Å²) in [6.45, 7) is 5.23. The number of ether oxygens (including phenoxy) is 1. The van der Waals surface area contributed by atoms with Crippen LogP contribution in [0.3, 0.4) is 0 Å². The highest BCUT2D eigenvalue weighted by atomic mass is 32.2. The molecular weight excluding hydrogens is 472 g/mol. The Morgan fingerprint density at radius 2 is 1.69 bits per heavy atom. The number of carbonyl (C=O) groups excluding carboxylic acids is 3. The molecule has 0 bridgehead atoms. The van der Waals surface area contributed by atoms with Crippen molar-refractivity contribution in [2.75, 3.05) is 26.8 Å². The number of nitrogens with zero attached hydrogens (tertiary/aromatic N) is 1. The molecule has 0 aliphatic carbocycles. The second kappa shape index (κ2) is 13.5. The fraction of sp³-hybridized carbons (Fsp3) is 0.417. The summed E-state index contributed by atoms with van der Waals surface area (Å²) in [5, 5.41) is 5.45. The summed E-state index contributed by atoms with van der Waals surface area (Å²) >= 11 is 0. The van der Waals surface area contributed by atoms with E-state index in [0.717, 1.165) is 18.2 Å². The van der Waals surface area contributed by atoms with Gasteiger partial charge in [0.1, 0.15) is 5.69 Å². The quantitative estimate of drug-likeness (QED) is 0.352. The molecule has 0 saturated heterocycles. The highest BCUT2D eigenvalue weighted by molar-refractivity contribution is 7.90. The van der Waals surface area contributed by atoms with Crippen LogP contribution >= 0.6 is 0 Å². The summed E-state index contributed by atoms with van der Waals surface area (Å²) < 4.78 is 32.0.